The van der Waals surface area contributed by atoms with Crippen LogP contribution in [0.5, 0.6) is 0 Å². The van der Waals surface area contributed by atoms with Crippen molar-refractivity contribution < 1.29 is 0 Å². The summed E-state index contributed by atoms with van der Waals surface area (Å²) >= 11 is 13.2. The first kappa shape index (κ1) is 11.8. The van der Waals surface area contributed by atoms with Gasteiger partial charge in [-0.2, -0.15) is 0 Å². The first-order valence-electron chi connectivity index (χ1n) is 4.91. The van der Waals surface area contributed by atoms with Gasteiger partial charge >= 0.3 is 0 Å². The first-order chi connectivity index (χ1) is 7.78. The molecule has 16 heavy (non-hydrogen) atoms. The Balaban J connectivity index is 1.99. The average Bonchev–Trinajstić information content (AvgIpc) is 2.73. The summed E-state index contributed by atoms with van der Waals surface area (Å²) in [5, 5.41) is 3.34. The second-order valence-electron chi connectivity index (χ2n) is 3.39. The summed E-state index contributed by atoms with van der Waals surface area (Å²) in [6.07, 6.45) is 0. The molecule has 2 rings (SSSR count). The molecule has 0 aliphatic carbocycles. The summed E-state index contributed by atoms with van der Waals surface area (Å²) in [6, 6.07) is 12.1. The molecule has 0 saturated heterocycles. The Morgan fingerprint density at radius 1 is 1.19 bits per heavy atom. The molecule has 1 N–H and O–H groups in total. The summed E-state index contributed by atoms with van der Waals surface area (Å²) in [5.41, 5.74) is 2.21. The van der Waals surface area contributed by atoms with Crippen LogP contribution in [0, 0.1) is 0 Å². The minimum Gasteiger partial charge on any atom is -0.380 e. The van der Waals surface area contributed by atoms with Crippen LogP contribution in [0.15, 0.2) is 36.4 Å². The Morgan fingerprint density at radius 2 is 2.06 bits per heavy atom. The Morgan fingerprint density at radius 3 is 2.75 bits per heavy atom. The summed E-state index contributed by atoms with van der Waals surface area (Å²) in [5.74, 6) is 0.542. The molecular weight excluding hydrogens is 261 g/mol. The molecule has 0 radical (unpaired) electrons. The number of alkyl halides is 1. The van der Waals surface area contributed by atoms with Gasteiger partial charge in [-0.1, -0.05) is 23.7 Å². The van der Waals surface area contributed by atoms with Gasteiger partial charge in [-0.15, -0.1) is 22.9 Å². The van der Waals surface area contributed by atoms with E-state index >= 15 is 0 Å². The normalized spacial score (nSPS) is 10.4. The maximum absolute atomic E-state index is 5.86. The van der Waals surface area contributed by atoms with Gasteiger partial charge in [-0.3, -0.25) is 0 Å². The van der Waals surface area contributed by atoms with Crippen molar-refractivity contribution in [1.82, 2.24) is 0 Å². The number of anilines is 1. The van der Waals surface area contributed by atoms with Crippen LogP contribution in [-0.2, 0) is 12.4 Å². The smallest absolute Gasteiger partial charge is 0.0931 e. The lowest BCUT2D eigenvalue weighted by Gasteiger charge is -2.05. The molecule has 84 valence electrons. The number of thiophene rings is 1. The lowest BCUT2D eigenvalue weighted by Crippen LogP contribution is -1.97. The molecule has 1 aromatic heterocycles. The minimum absolute atomic E-state index is 0.542. The van der Waals surface area contributed by atoms with Crippen LogP contribution < -0.4 is 5.32 Å². The van der Waals surface area contributed by atoms with Gasteiger partial charge in [0.05, 0.1) is 4.34 Å². The molecule has 0 atom stereocenters. The van der Waals surface area contributed by atoms with Crippen LogP contribution in [0.3, 0.4) is 0 Å². The number of hydrogen-bond donors (Lipinski definition) is 1. The van der Waals surface area contributed by atoms with Gasteiger partial charge in [0.15, 0.2) is 0 Å². The Bertz CT molecular complexity index is 468. The zero-order chi connectivity index (χ0) is 11.4. The topological polar surface area (TPSA) is 12.0 Å². The van der Waals surface area contributed by atoms with E-state index < -0.39 is 0 Å². The van der Waals surface area contributed by atoms with Crippen molar-refractivity contribution >= 4 is 40.2 Å². The fourth-order valence-electron chi connectivity index (χ4n) is 1.40. The van der Waals surface area contributed by atoms with Crippen LogP contribution in [0.4, 0.5) is 5.69 Å². The summed E-state index contributed by atoms with van der Waals surface area (Å²) < 4.78 is 0.825. The second-order valence-corrected chi connectivity index (χ2v) is 5.46. The summed E-state index contributed by atoms with van der Waals surface area (Å²) in [4.78, 5) is 1.22. The predicted molar refractivity (Wildman–Crippen MR) is 72.7 cm³/mol. The molecule has 0 fully saturated rings. The molecule has 2 aromatic rings. The number of halogens is 2. The Hall–Kier alpha value is -0.700. The number of benzene rings is 1. The lowest BCUT2D eigenvalue weighted by molar-refractivity contribution is 1.19. The lowest BCUT2D eigenvalue weighted by atomic mass is 10.2. The first-order valence-corrected chi connectivity index (χ1v) is 6.64. The summed E-state index contributed by atoms with van der Waals surface area (Å²) in [7, 11) is 0. The molecule has 1 nitrogen and oxygen atoms in total. The van der Waals surface area contributed by atoms with E-state index in [0.717, 1.165) is 22.1 Å². The molecule has 0 saturated carbocycles. The van der Waals surface area contributed by atoms with Crippen LogP contribution in [0.1, 0.15) is 10.4 Å². The third-order valence-corrected chi connectivity index (χ3v) is 3.72. The highest BCUT2D eigenvalue weighted by Gasteiger charge is 1.98. The molecule has 0 aliphatic rings. The van der Waals surface area contributed by atoms with Crippen LogP contribution >= 0.6 is 34.5 Å². The van der Waals surface area contributed by atoms with Gasteiger partial charge in [0.25, 0.3) is 0 Å². The van der Waals surface area contributed by atoms with Gasteiger partial charge in [-0.25, -0.2) is 0 Å². The van der Waals surface area contributed by atoms with E-state index in [9.17, 15) is 0 Å². The highest BCUT2D eigenvalue weighted by Crippen LogP contribution is 2.22. The minimum atomic E-state index is 0.542. The zero-order valence-corrected chi connectivity index (χ0v) is 10.9. The number of rotatable bonds is 4. The van der Waals surface area contributed by atoms with E-state index in [1.54, 1.807) is 11.3 Å². The third kappa shape index (κ3) is 3.14. The van der Waals surface area contributed by atoms with Crippen molar-refractivity contribution in [3.63, 3.8) is 0 Å². The van der Waals surface area contributed by atoms with Gasteiger partial charge in [0.2, 0.25) is 0 Å². The van der Waals surface area contributed by atoms with Gasteiger partial charge in [0.1, 0.15) is 0 Å². The third-order valence-electron chi connectivity index (χ3n) is 2.18. The monoisotopic (exact) mass is 271 g/mol. The van der Waals surface area contributed by atoms with E-state index in [2.05, 4.69) is 11.4 Å². The fraction of sp³-hybridized carbons (Fsp3) is 0.167. The maximum atomic E-state index is 5.86. The molecule has 1 heterocycles. The largest absolute Gasteiger partial charge is 0.380 e. The van der Waals surface area contributed by atoms with Crippen molar-refractivity contribution in [3.8, 4) is 0 Å². The van der Waals surface area contributed by atoms with Crippen molar-refractivity contribution in [2.24, 2.45) is 0 Å². The van der Waals surface area contributed by atoms with E-state index in [1.807, 2.05) is 30.3 Å². The number of nitrogens with one attached hydrogen (secondary N) is 1. The molecule has 0 amide bonds. The molecule has 0 unspecified atom stereocenters. The second kappa shape index (κ2) is 5.58. The molecule has 1 aromatic carbocycles. The highest BCUT2D eigenvalue weighted by atomic mass is 35.5. The van der Waals surface area contributed by atoms with E-state index in [0.29, 0.717) is 5.88 Å². The van der Waals surface area contributed by atoms with Crippen molar-refractivity contribution in [1.29, 1.82) is 0 Å². The highest BCUT2D eigenvalue weighted by molar-refractivity contribution is 7.16. The molecule has 0 spiro atoms. The SMILES string of the molecule is ClCc1cccc(NCc2ccc(Cl)s2)c1. The van der Waals surface area contributed by atoms with E-state index in [1.165, 1.54) is 4.88 Å². The number of hydrogen-bond acceptors (Lipinski definition) is 2. The molecule has 0 aliphatic heterocycles. The molecular formula is C12H11Cl2NS. The van der Waals surface area contributed by atoms with Gasteiger partial charge in [-0.05, 0) is 29.8 Å². The predicted octanol–water partition coefficient (Wildman–Crippen LogP) is 4.75. The Kier molecular flexibility index (Phi) is 4.10. The molecule has 0 bridgehead atoms. The van der Waals surface area contributed by atoms with Crippen LogP contribution in [-0.4, -0.2) is 0 Å². The van der Waals surface area contributed by atoms with Crippen LogP contribution in [0.2, 0.25) is 4.34 Å². The van der Waals surface area contributed by atoms with Crippen molar-refractivity contribution in [2.75, 3.05) is 5.32 Å². The van der Waals surface area contributed by atoms with E-state index in [-0.39, 0.29) is 0 Å². The standard InChI is InChI=1S/C12H11Cl2NS/c13-7-9-2-1-3-10(6-9)15-8-11-4-5-12(14)16-11/h1-6,15H,7-8H2. The maximum Gasteiger partial charge on any atom is 0.0931 e. The van der Waals surface area contributed by atoms with Gasteiger partial charge in [0, 0.05) is 23.0 Å². The quantitative estimate of drug-likeness (QED) is 0.792. The van der Waals surface area contributed by atoms with Crippen molar-refractivity contribution in [2.45, 2.75) is 12.4 Å². The zero-order valence-electron chi connectivity index (χ0n) is 8.54. The fourth-order valence-corrected chi connectivity index (χ4v) is 2.59. The average molecular weight is 272 g/mol. The van der Waals surface area contributed by atoms with E-state index in [4.69, 9.17) is 23.2 Å². The van der Waals surface area contributed by atoms with Gasteiger partial charge < -0.3 is 5.32 Å². The molecule has 4 heteroatoms. The van der Waals surface area contributed by atoms with Crippen molar-refractivity contribution in [3.05, 3.63) is 51.2 Å². The summed E-state index contributed by atoms with van der Waals surface area (Å²) in [6.45, 7) is 0.795. The Labute approximate surface area is 109 Å². The van der Waals surface area contributed by atoms with Crippen LogP contribution in [0.25, 0.3) is 0 Å².